The highest BCUT2D eigenvalue weighted by Crippen LogP contribution is 2.17. The fraction of sp³-hybridized carbons (Fsp3) is 0.231. The number of nitrogens with zero attached hydrogens (tertiary/aromatic N) is 2. The Morgan fingerprint density at radius 3 is 2.89 bits per heavy atom. The predicted molar refractivity (Wildman–Crippen MR) is 72.4 cm³/mol. The van der Waals surface area contributed by atoms with Crippen LogP contribution in [0.5, 0.6) is 0 Å². The number of aromatic nitrogens is 1. The maximum Gasteiger partial charge on any atom is 0.335 e. The summed E-state index contributed by atoms with van der Waals surface area (Å²) >= 11 is 1.65. The van der Waals surface area contributed by atoms with Crippen molar-refractivity contribution in [2.24, 2.45) is 0 Å². The molecule has 18 heavy (non-hydrogen) atoms. The first-order valence-electron chi connectivity index (χ1n) is 5.50. The highest BCUT2D eigenvalue weighted by atomic mass is 32.1. The molecular weight excluding hydrogens is 248 g/mol. The monoisotopic (exact) mass is 262 g/mol. The lowest BCUT2D eigenvalue weighted by Crippen LogP contribution is -2.18. The Kier molecular flexibility index (Phi) is 3.62. The van der Waals surface area contributed by atoms with E-state index < -0.39 is 5.97 Å². The molecular formula is C13H14N2O2S. The maximum absolute atomic E-state index is 11.0. The Bertz CT molecular complexity index is 552. The highest BCUT2D eigenvalue weighted by molar-refractivity contribution is 7.07. The molecule has 0 radical (unpaired) electrons. The van der Waals surface area contributed by atoms with Crippen LogP contribution in [0.3, 0.4) is 0 Å². The summed E-state index contributed by atoms with van der Waals surface area (Å²) in [7, 11) is 1.91. The third-order valence-corrected chi connectivity index (χ3v) is 3.31. The van der Waals surface area contributed by atoms with E-state index in [9.17, 15) is 4.79 Å². The molecule has 0 aliphatic rings. The van der Waals surface area contributed by atoms with Crippen molar-refractivity contribution in [1.82, 2.24) is 4.98 Å². The standard InChI is InChI=1S/C13H14N2O2S/c1-9-5-11(13(16)17)6-12(14-9)15(2)7-10-3-4-18-8-10/h3-6,8H,7H2,1-2H3,(H,16,17). The van der Waals surface area contributed by atoms with Gasteiger partial charge >= 0.3 is 5.97 Å². The molecule has 0 aliphatic heterocycles. The van der Waals surface area contributed by atoms with Gasteiger partial charge in [0, 0.05) is 19.3 Å². The number of thiophene rings is 1. The number of aryl methyl sites for hydroxylation is 1. The van der Waals surface area contributed by atoms with Crippen molar-refractivity contribution >= 4 is 23.1 Å². The van der Waals surface area contributed by atoms with Gasteiger partial charge in [-0.15, -0.1) is 0 Å². The summed E-state index contributed by atoms with van der Waals surface area (Å²) in [5.74, 6) is -0.246. The summed E-state index contributed by atoms with van der Waals surface area (Å²) in [4.78, 5) is 17.3. The second kappa shape index (κ2) is 5.18. The fourth-order valence-electron chi connectivity index (χ4n) is 1.71. The molecule has 0 amide bonds. The third kappa shape index (κ3) is 2.87. The predicted octanol–water partition coefficient (Wildman–Crippen LogP) is 2.79. The number of carbonyl (C=O) groups is 1. The minimum absolute atomic E-state index is 0.273. The molecule has 0 saturated carbocycles. The van der Waals surface area contributed by atoms with Gasteiger partial charge in [-0.2, -0.15) is 11.3 Å². The first-order valence-corrected chi connectivity index (χ1v) is 6.45. The maximum atomic E-state index is 11.0. The van der Waals surface area contributed by atoms with Crippen LogP contribution in [0.15, 0.2) is 29.0 Å². The van der Waals surface area contributed by atoms with Gasteiger partial charge in [0.2, 0.25) is 0 Å². The van der Waals surface area contributed by atoms with Crippen LogP contribution in [0.1, 0.15) is 21.6 Å². The molecule has 0 spiro atoms. The van der Waals surface area contributed by atoms with E-state index in [1.54, 1.807) is 30.4 Å². The number of carboxylic acids is 1. The first-order chi connectivity index (χ1) is 8.56. The Morgan fingerprint density at radius 1 is 1.50 bits per heavy atom. The van der Waals surface area contributed by atoms with Crippen molar-refractivity contribution in [1.29, 1.82) is 0 Å². The summed E-state index contributed by atoms with van der Waals surface area (Å²) in [6.07, 6.45) is 0. The molecule has 0 saturated heterocycles. The average Bonchev–Trinajstić information content (AvgIpc) is 2.80. The van der Waals surface area contributed by atoms with Gasteiger partial charge in [0.1, 0.15) is 5.82 Å². The second-order valence-electron chi connectivity index (χ2n) is 4.15. The van der Waals surface area contributed by atoms with Crippen LogP contribution in [-0.4, -0.2) is 23.1 Å². The number of rotatable bonds is 4. The van der Waals surface area contributed by atoms with Crippen LogP contribution in [0.2, 0.25) is 0 Å². The largest absolute Gasteiger partial charge is 0.478 e. The quantitative estimate of drug-likeness (QED) is 0.920. The van der Waals surface area contributed by atoms with Crippen LogP contribution >= 0.6 is 11.3 Å². The SMILES string of the molecule is Cc1cc(C(=O)O)cc(N(C)Cc2ccsc2)n1. The summed E-state index contributed by atoms with van der Waals surface area (Å²) in [6, 6.07) is 5.22. The fourth-order valence-corrected chi connectivity index (χ4v) is 2.37. The molecule has 0 aliphatic carbocycles. The van der Waals surface area contributed by atoms with Gasteiger partial charge < -0.3 is 10.0 Å². The summed E-state index contributed by atoms with van der Waals surface area (Å²) < 4.78 is 0. The minimum atomic E-state index is -0.925. The number of carboxylic acid groups (broad SMARTS) is 1. The van der Waals surface area contributed by atoms with E-state index in [0.29, 0.717) is 11.5 Å². The van der Waals surface area contributed by atoms with Crippen LogP contribution in [0.4, 0.5) is 5.82 Å². The molecule has 2 aromatic heterocycles. The van der Waals surface area contributed by atoms with Gasteiger partial charge in [-0.05, 0) is 41.4 Å². The van der Waals surface area contributed by atoms with Crippen molar-refractivity contribution in [3.8, 4) is 0 Å². The molecule has 0 bridgehead atoms. The highest BCUT2D eigenvalue weighted by Gasteiger charge is 2.10. The van der Waals surface area contributed by atoms with Crippen molar-refractivity contribution in [2.45, 2.75) is 13.5 Å². The van der Waals surface area contributed by atoms with Gasteiger partial charge in [0.25, 0.3) is 0 Å². The Hall–Kier alpha value is -1.88. The summed E-state index contributed by atoms with van der Waals surface area (Å²) in [5.41, 5.74) is 2.18. The molecule has 5 heteroatoms. The number of hydrogen-bond donors (Lipinski definition) is 1. The Labute approximate surface area is 110 Å². The van der Waals surface area contributed by atoms with E-state index >= 15 is 0 Å². The lowest BCUT2D eigenvalue weighted by molar-refractivity contribution is 0.0696. The van der Waals surface area contributed by atoms with Gasteiger partial charge in [-0.25, -0.2) is 9.78 Å². The molecule has 94 valence electrons. The Balaban J connectivity index is 2.24. The average molecular weight is 262 g/mol. The van der Waals surface area contributed by atoms with Gasteiger partial charge in [-0.1, -0.05) is 0 Å². The molecule has 0 aromatic carbocycles. The van der Waals surface area contributed by atoms with Crippen LogP contribution < -0.4 is 4.90 Å². The zero-order valence-electron chi connectivity index (χ0n) is 10.3. The molecule has 0 fully saturated rings. The number of pyridine rings is 1. The zero-order chi connectivity index (χ0) is 13.1. The topological polar surface area (TPSA) is 53.4 Å². The summed E-state index contributed by atoms with van der Waals surface area (Å²) in [5, 5.41) is 13.1. The molecule has 0 atom stereocenters. The molecule has 4 nitrogen and oxygen atoms in total. The Morgan fingerprint density at radius 2 is 2.28 bits per heavy atom. The van der Waals surface area contributed by atoms with Crippen LogP contribution in [0, 0.1) is 6.92 Å². The van der Waals surface area contributed by atoms with Crippen molar-refractivity contribution < 1.29 is 9.90 Å². The van der Waals surface area contributed by atoms with E-state index in [4.69, 9.17) is 5.11 Å². The van der Waals surface area contributed by atoms with E-state index in [0.717, 1.165) is 6.54 Å². The van der Waals surface area contributed by atoms with Crippen molar-refractivity contribution in [3.05, 3.63) is 45.8 Å². The van der Waals surface area contributed by atoms with Gasteiger partial charge in [-0.3, -0.25) is 0 Å². The molecule has 2 heterocycles. The van der Waals surface area contributed by atoms with E-state index in [2.05, 4.69) is 16.4 Å². The van der Waals surface area contributed by atoms with E-state index in [-0.39, 0.29) is 5.56 Å². The molecule has 0 unspecified atom stereocenters. The normalized spacial score (nSPS) is 10.3. The lowest BCUT2D eigenvalue weighted by atomic mass is 10.2. The first kappa shape index (κ1) is 12.6. The van der Waals surface area contributed by atoms with E-state index in [1.165, 1.54) is 5.56 Å². The lowest BCUT2D eigenvalue weighted by Gasteiger charge is -2.18. The zero-order valence-corrected chi connectivity index (χ0v) is 11.1. The van der Waals surface area contributed by atoms with Gasteiger partial charge in [0.05, 0.1) is 5.56 Å². The van der Waals surface area contributed by atoms with E-state index in [1.807, 2.05) is 17.3 Å². The smallest absolute Gasteiger partial charge is 0.335 e. The van der Waals surface area contributed by atoms with Gasteiger partial charge in [0.15, 0.2) is 0 Å². The molecule has 1 N–H and O–H groups in total. The second-order valence-corrected chi connectivity index (χ2v) is 4.93. The van der Waals surface area contributed by atoms with Crippen molar-refractivity contribution in [2.75, 3.05) is 11.9 Å². The number of aromatic carboxylic acids is 1. The number of hydrogen-bond acceptors (Lipinski definition) is 4. The summed E-state index contributed by atoms with van der Waals surface area (Å²) in [6.45, 7) is 2.52. The minimum Gasteiger partial charge on any atom is -0.478 e. The van der Waals surface area contributed by atoms with Crippen LogP contribution in [0.25, 0.3) is 0 Å². The third-order valence-electron chi connectivity index (χ3n) is 2.58. The van der Waals surface area contributed by atoms with Crippen molar-refractivity contribution in [3.63, 3.8) is 0 Å². The number of anilines is 1. The van der Waals surface area contributed by atoms with Crippen LogP contribution in [-0.2, 0) is 6.54 Å². The molecule has 2 rings (SSSR count). The molecule has 2 aromatic rings.